The maximum absolute atomic E-state index is 5.32. The number of rotatable bonds is 8. The van der Waals surface area contributed by atoms with E-state index in [0.717, 1.165) is 24.3 Å². The predicted molar refractivity (Wildman–Crippen MR) is 69.7 cm³/mol. The summed E-state index contributed by atoms with van der Waals surface area (Å²) in [5.74, 6) is 0. The van der Waals surface area contributed by atoms with Crippen molar-refractivity contribution in [1.29, 1.82) is 0 Å². The molecular formula is C11H21N2O2Si. The lowest BCUT2D eigenvalue weighted by molar-refractivity contribution is 0.212. The lowest BCUT2D eigenvalue weighted by Gasteiger charge is -2.08. The fraction of sp³-hybridized carbons (Fsp3) is 0.636. The molecule has 0 aromatic heterocycles. The van der Waals surface area contributed by atoms with E-state index >= 15 is 0 Å². The van der Waals surface area contributed by atoms with Crippen LogP contribution >= 0.6 is 0 Å². The first-order chi connectivity index (χ1) is 7.63. The Labute approximate surface area is 99.8 Å². The van der Waals surface area contributed by atoms with Crippen LogP contribution in [0.5, 0.6) is 0 Å². The van der Waals surface area contributed by atoms with Crippen LogP contribution in [0.1, 0.15) is 40.5 Å². The minimum atomic E-state index is -1.50. The van der Waals surface area contributed by atoms with Crippen LogP contribution in [0, 0.1) is 0 Å². The van der Waals surface area contributed by atoms with E-state index in [1.807, 2.05) is 27.7 Å². The fourth-order valence-corrected chi connectivity index (χ4v) is 1.53. The van der Waals surface area contributed by atoms with E-state index < -0.39 is 9.28 Å². The van der Waals surface area contributed by atoms with Crippen molar-refractivity contribution in [3.8, 4) is 0 Å². The van der Waals surface area contributed by atoms with Crippen molar-refractivity contribution in [1.82, 2.24) is 0 Å². The second-order valence-corrected chi connectivity index (χ2v) is 4.93. The van der Waals surface area contributed by atoms with Crippen LogP contribution < -0.4 is 0 Å². The number of hydrogen-bond donors (Lipinski definition) is 0. The molecule has 0 unspecified atom stereocenters. The first-order valence-electron chi connectivity index (χ1n) is 5.51. The van der Waals surface area contributed by atoms with Crippen LogP contribution in [0.4, 0.5) is 0 Å². The van der Waals surface area contributed by atoms with Crippen LogP contribution in [0.3, 0.4) is 0 Å². The molecule has 1 radical (unpaired) electrons. The minimum absolute atomic E-state index is 0.658. The van der Waals surface area contributed by atoms with Gasteiger partial charge in [0, 0.05) is 6.04 Å². The maximum atomic E-state index is 5.32. The highest BCUT2D eigenvalue weighted by molar-refractivity contribution is 6.44. The van der Waals surface area contributed by atoms with Crippen molar-refractivity contribution in [2.45, 2.75) is 46.6 Å². The van der Waals surface area contributed by atoms with E-state index in [1.54, 1.807) is 6.08 Å². The summed E-state index contributed by atoms with van der Waals surface area (Å²) in [6.07, 6.45) is 3.52. The Hall–Kier alpha value is -1.10. The van der Waals surface area contributed by atoms with Gasteiger partial charge in [0.2, 0.25) is 0 Å². The molecule has 91 valence electrons. The normalized spacial score (nSPS) is 12.8. The molecule has 0 N–H and O–H groups in total. The molecule has 0 aromatic rings. The van der Waals surface area contributed by atoms with Crippen molar-refractivity contribution in [3.05, 3.63) is 12.7 Å². The summed E-state index contributed by atoms with van der Waals surface area (Å²) in [5, 5.41) is 7.97. The fourth-order valence-electron chi connectivity index (χ4n) is 0.596. The number of allylic oxidation sites excluding steroid dienone is 1. The summed E-state index contributed by atoms with van der Waals surface area (Å²) in [6.45, 7) is 11.6. The molecule has 0 aliphatic carbocycles. The molecule has 0 atom stereocenters. The first-order valence-corrected chi connectivity index (χ1v) is 7.04. The van der Waals surface area contributed by atoms with Crippen LogP contribution in [-0.4, -0.2) is 20.7 Å². The summed E-state index contributed by atoms with van der Waals surface area (Å²) >= 11 is 0. The highest BCUT2D eigenvalue weighted by Crippen LogP contribution is 2.01. The Bertz CT molecular complexity index is 243. The Morgan fingerprint density at radius 2 is 1.56 bits per heavy atom. The third-order valence-corrected chi connectivity index (χ3v) is 3.15. The van der Waals surface area contributed by atoms with Crippen LogP contribution in [0.15, 0.2) is 23.0 Å². The molecule has 0 bridgehead atoms. The van der Waals surface area contributed by atoms with Gasteiger partial charge >= 0.3 is 9.28 Å². The predicted octanol–water partition coefficient (Wildman–Crippen LogP) is 3.27. The zero-order valence-electron chi connectivity index (χ0n) is 10.6. The van der Waals surface area contributed by atoms with Crippen molar-refractivity contribution in [2.75, 3.05) is 0 Å². The molecule has 0 aliphatic rings. The van der Waals surface area contributed by atoms with Gasteiger partial charge in [-0.15, -0.1) is 16.9 Å². The SMILES string of the molecule is C=CC[Si](O/N=C(\C)CC)O/N=C(\C)CC. The number of nitrogens with zero attached hydrogens (tertiary/aromatic N) is 2. The zero-order valence-corrected chi connectivity index (χ0v) is 11.6. The van der Waals surface area contributed by atoms with Gasteiger partial charge in [-0.1, -0.05) is 19.9 Å². The quantitative estimate of drug-likeness (QED) is 0.283. The van der Waals surface area contributed by atoms with E-state index in [4.69, 9.17) is 9.05 Å². The second-order valence-electron chi connectivity index (χ2n) is 3.41. The Kier molecular flexibility index (Phi) is 8.52. The number of hydrogen-bond acceptors (Lipinski definition) is 4. The maximum Gasteiger partial charge on any atom is 0.581 e. The lowest BCUT2D eigenvalue weighted by Crippen LogP contribution is -2.18. The van der Waals surface area contributed by atoms with Gasteiger partial charge in [-0.2, -0.15) is 0 Å². The molecule has 0 fully saturated rings. The van der Waals surface area contributed by atoms with E-state index in [-0.39, 0.29) is 0 Å². The molecule has 4 nitrogen and oxygen atoms in total. The molecule has 0 amide bonds. The van der Waals surface area contributed by atoms with Crippen molar-refractivity contribution in [3.63, 3.8) is 0 Å². The van der Waals surface area contributed by atoms with Crippen LogP contribution in [-0.2, 0) is 9.05 Å². The van der Waals surface area contributed by atoms with Crippen molar-refractivity contribution >= 4 is 20.7 Å². The molecule has 0 spiro atoms. The van der Waals surface area contributed by atoms with Crippen LogP contribution in [0.2, 0.25) is 6.04 Å². The van der Waals surface area contributed by atoms with Crippen molar-refractivity contribution < 1.29 is 9.05 Å². The van der Waals surface area contributed by atoms with Gasteiger partial charge in [0.05, 0.1) is 11.4 Å². The summed E-state index contributed by atoms with van der Waals surface area (Å²) in [5.41, 5.74) is 1.90. The molecule has 0 rings (SSSR count). The van der Waals surface area contributed by atoms with Gasteiger partial charge in [0.1, 0.15) is 0 Å². The Morgan fingerprint density at radius 1 is 1.12 bits per heavy atom. The highest BCUT2D eigenvalue weighted by Gasteiger charge is 2.18. The van der Waals surface area contributed by atoms with E-state index in [9.17, 15) is 0 Å². The Morgan fingerprint density at radius 3 is 1.88 bits per heavy atom. The monoisotopic (exact) mass is 241 g/mol. The van der Waals surface area contributed by atoms with E-state index in [0.29, 0.717) is 6.04 Å². The standard InChI is InChI=1S/C11H21N2O2Si/c1-6-9-16(14-12-10(4)7-2)15-13-11(5)8-3/h6H,1,7-9H2,2-5H3/b12-10+,13-11+. The minimum Gasteiger partial charge on any atom is -0.402 e. The summed E-state index contributed by atoms with van der Waals surface area (Å²) < 4.78 is 10.6. The summed E-state index contributed by atoms with van der Waals surface area (Å²) in [4.78, 5) is 0. The molecule has 0 aromatic carbocycles. The zero-order chi connectivity index (χ0) is 12.4. The molecular weight excluding hydrogens is 220 g/mol. The average Bonchev–Trinajstić information content (AvgIpc) is 2.31. The summed E-state index contributed by atoms with van der Waals surface area (Å²) in [6, 6.07) is 0.658. The molecule has 0 saturated carbocycles. The van der Waals surface area contributed by atoms with Gasteiger partial charge in [0.15, 0.2) is 0 Å². The van der Waals surface area contributed by atoms with Gasteiger partial charge in [-0.05, 0) is 26.7 Å². The second kappa shape index (κ2) is 9.15. The topological polar surface area (TPSA) is 43.2 Å². The van der Waals surface area contributed by atoms with Gasteiger partial charge in [-0.25, -0.2) is 0 Å². The van der Waals surface area contributed by atoms with Crippen LogP contribution in [0.25, 0.3) is 0 Å². The molecule has 5 heteroatoms. The third kappa shape index (κ3) is 7.22. The molecule has 0 aliphatic heterocycles. The van der Waals surface area contributed by atoms with Gasteiger partial charge < -0.3 is 9.05 Å². The van der Waals surface area contributed by atoms with E-state index in [2.05, 4.69) is 16.9 Å². The smallest absolute Gasteiger partial charge is 0.402 e. The number of oxime groups is 2. The molecule has 0 saturated heterocycles. The third-order valence-electron chi connectivity index (χ3n) is 1.94. The average molecular weight is 241 g/mol. The van der Waals surface area contributed by atoms with Gasteiger partial charge in [-0.3, -0.25) is 0 Å². The van der Waals surface area contributed by atoms with Crippen molar-refractivity contribution in [2.24, 2.45) is 10.3 Å². The largest absolute Gasteiger partial charge is 0.581 e. The Balaban J connectivity index is 4.22. The van der Waals surface area contributed by atoms with E-state index in [1.165, 1.54) is 0 Å². The molecule has 16 heavy (non-hydrogen) atoms. The first kappa shape index (κ1) is 14.9. The highest BCUT2D eigenvalue weighted by atomic mass is 28.3. The summed E-state index contributed by atoms with van der Waals surface area (Å²) in [7, 11) is -1.50. The van der Waals surface area contributed by atoms with Gasteiger partial charge in [0.25, 0.3) is 0 Å². The lowest BCUT2D eigenvalue weighted by atomic mass is 10.3. The molecule has 0 heterocycles.